The summed E-state index contributed by atoms with van der Waals surface area (Å²) in [6.07, 6.45) is -2.17. The fourth-order valence-corrected chi connectivity index (χ4v) is 4.69. The first-order chi connectivity index (χ1) is 18.0. The van der Waals surface area contributed by atoms with Crippen LogP contribution in [-0.2, 0) is 14.4 Å². The summed E-state index contributed by atoms with van der Waals surface area (Å²) in [7, 11) is 0. The Morgan fingerprint density at radius 3 is 2.36 bits per heavy atom. The first kappa shape index (κ1) is 29.8. The minimum Gasteiger partial charge on any atom is -0.336 e. The van der Waals surface area contributed by atoms with Gasteiger partial charge >= 0.3 is 12.1 Å². The lowest BCUT2D eigenvalue weighted by Gasteiger charge is -2.35. The van der Waals surface area contributed by atoms with E-state index in [0.717, 1.165) is 0 Å². The largest absolute Gasteiger partial charge is 0.471 e. The van der Waals surface area contributed by atoms with Crippen molar-refractivity contribution in [1.29, 1.82) is 5.26 Å². The standard InChI is InChI=1S/C27H31F4N5O3/c1-14(2)16-9-21(36(13-16)24(38)22(26(3,4)5)35-25(39)27(29,30)31)23(37)34-20(10-32)19-12-33-11-15-8-17(28)6-7-18(15)19/h6-8,11-12,14,16,20-22H,9,13H2,1-5H3,(H,34,37)(H,35,39)/t16-,20?,21+,22-/m1/s1. The van der Waals surface area contributed by atoms with Gasteiger partial charge in [-0.05, 0) is 41.2 Å². The molecule has 12 heteroatoms. The second kappa shape index (κ2) is 11.2. The maximum atomic E-state index is 13.7. The van der Waals surface area contributed by atoms with Crippen LogP contribution in [0.15, 0.2) is 30.6 Å². The molecule has 0 aliphatic carbocycles. The molecule has 8 nitrogen and oxygen atoms in total. The number of nitriles is 1. The normalized spacial score (nSPS) is 19.5. The highest BCUT2D eigenvalue weighted by Crippen LogP contribution is 2.33. The van der Waals surface area contributed by atoms with Crippen molar-refractivity contribution >= 4 is 28.5 Å². The predicted molar refractivity (Wildman–Crippen MR) is 134 cm³/mol. The number of fused-ring (bicyclic) bond motifs is 1. The van der Waals surface area contributed by atoms with E-state index >= 15 is 0 Å². The van der Waals surface area contributed by atoms with Crippen LogP contribution < -0.4 is 10.6 Å². The van der Waals surface area contributed by atoms with Crippen LogP contribution in [0, 0.1) is 34.4 Å². The molecule has 1 aliphatic rings. The zero-order valence-corrected chi connectivity index (χ0v) is 22.3. The van der Waals surface area contributed by atoms with E-state index in [0.29, 0.717) is 16.3 Å². The molecule has 0 saturated carbocycles. The molecule has 1 aromatic heterocycles. The molecule has 1 unspecified atom stereocenters. The molecule has 1 aliphatic heterocycles. The van der Waals surface area contributed by atoms with E-state index in [9.17, 15) is 37.2 Å². The van der Waals surface area contributed by atoms with Gasteiger partial charge in [0.25, 0.3) is 0 Å². The molecule has 3 rings (SSSR count). The van der Waals surface area contributed by atoms with Gasteiger partial charge in [0, 0.05) is 29.9 Å². The molecular weight excluding hydrogens is 518 g/mol. The van der Waals surface area contributed by atoms with Gasteiger partial charge in [0.2, 0.25) is 11.8 Å². The number of rotatable bonds is 6. The number of aromatic nitrogens is 1. The Kier molecular flexibility index (Phi) is 8.53. The van der Waals surface area contributed by atoms with Crippen LogP contribution in [0.25, 0.3) is 10.8 Å². The topological polar surface area (TPSA) is 115 Å². The van der Waals surface area contributed by atoms with E-state index in [-0.39, 0.29) is 24.8 Å². The predicted octanol–water partition coefficient (Wildman–Crippen LogP) is 4.02. The number of carbonyl (C=O) groups excluding carboxylic acids is 3. The third kappa shape index (κ3) is 6.64. The van der Waals surface area contributed by atoms with Crippen LogP contribution in [0.5, 0.6) is 0 Å². The van der Waals surface area contributed by atoms with Gasteiger partial charge in [-0.1, -0.05) is 40.7 Å². The molecule has 39 heavy (non-hydrogen) atoms. The van der Waals surface area contributed by atoms with E-state index in [2.05, 4.69) is 10.3 Å². The number of likely N-dealkylation sites (tertiary alicyclic amines) is 1. The highest BCUT2D eigenvalue weighted by atomic mass is 19.4. The van der Waals surface area contributed by atoms with E-state index in [1.165, 1.54) is 56.3 Å². The van der Waals surface area contributed by atoms with Gasteiger partial charge in [0.05, 0.1) is 6.07 Å². The average molecular weight is 550 g/mol. The van der Waals surface area contributed by atoms with Crippen molar-refractivity contribution in [2.45, 2.75) is 65.3 Å². The second-order valence-electron chi connectivity index (χ2n) is 11.2. The van der Waals surface area contributed by atoms with Crippen molar-refractivity contribution < 1.29 is 31.9 Å². The number of pyridine rings is 1. The Balaban J connectivity index is 1.92. The lowest BCUT2D eigenvalue weighted by Crippen LogP contribution is -2.59. The molecule has 1 fully saturated rings. The summed E-state index contributed by atoms with van der Waals surface area (Å²) < 4.78 is 52.8. The van der Waals surface area contributed by atoms with Crippen molar-refractivity contribution in [3.05, 3.63) is 42.0 Å². The van der Waals surface area contributed by atoms with Crippen molar-refractivity contribution in [2.24, 2.45) is 17.3 Å². The lowest BCUT2D eigenvalue weighted by atomic mass is 9.85. The van der Waals surface area contributed by atoms with Gasteiger partial charge in [0.1, 0.15) is 23.9 Å². The first-order valence-corrected chi connectivity index (χ1v) is 12.5. The number of amides is 3. The Morgan fingerprint density at radius 1 is 1.13 bits per heavy atom. The van der Waals surface area contributed by atoms with Crippen molar-refractivity contribution in [3.63, 3.8) is 0 Å². The van der Waals surface area contributed by atoms with Crippen molar-refractivity contribution in [2.75, 3.05) is 6.54 Å². The Morgan fingerprint density at radius 2 is 1.79 bits per heavy atom. The molecule has 2 heterocycles. The number of carbonyl (C=O) groups is 3. The van der Waals surface area contributed by atoms with Gasteiger partial charge < -0.3 is 15.5 Å². The second-order valence-corrected chi connectivity index (χ2v) is 11.2. The molecule has 3 amide bonds. The minimum absolute atomic E-state index is 0.0416. The van der Waals surface area contributed by atoms with Crippen LogP contribution in [0.4, 0.5) is 17.6 Å². The number of nitrogens with zero attached hydrogens (tertiary/aromatic N) is 3. The maximum Gasteiger partial charge on any atom is 0.471 e. The van der Waals surface area contributed by atoms with Crippen molar-refractivity contribution in [1.82, 2.24) is 20.5 Å². The molecule has 4 atom stereocenters. The molecular formula is C27H31F4N5O3. The number of benzene rings is 1. The summed E-state index contributed by atoms with van der Waals surface area (Å²) in [5.74, 6) is -4.34. The van der Waals surface area contributed by atoms with Gasteiger partial charge in [-0.25, -0.2) is 4.39 Å². The van der Waals surface area contributed by atoms with Gasteiger partial charge in [-0.15, -0.1) is 0 Å². The number of hydrogen-bond acceptors (Lipinski definition) is 5. The average Bonchev–Trinajstić information content (AvgIpc) is 3.29. The molecule has 0 spiro atoms. The summed E-state index contributed by atoms with van der Waals surface area (Å²) in [6, 6.07) is 2.08. The number of nitrogens with one attached hydrogen (secondary N) is 2. The van der Waals surface area contributed by atoms with E-state index in [1.807, 2.05) is 19.9 Å². The zero-order chi connectivity index (χ0) is 29.3. The molecule has 1 aromatic carbocycles. The third-order valence-electron chi connectivity index (χ3n) is 6.99. The fourth-order valence-electron chi connectivity index (χ4n) is 4.69. The van der Waals surface area contributed by atoms with Gasteiger partial charge in [0.15, 0.2) is 0 Å². The fraction of sp³-hybridized carbons (Fsp3) is 0.519. The van der Waals surface area contributed by atoms with Crippen LogP contribution in [0.2, 0.25) is 0 Å². The zero-order valence-electron chi connectivity index (χ0n) is 22.3. The summed E-state index contributed by atoms with van der Waals surface area (Å²) in [6.45, 7) is 8.44. The molecule has 0 radical (unpaired) electrons. The van der Waals surface area contributed by atoms with Crippen LogP contribution in [-0.4, -0.2) is 52.4 Å². The van der Waals surface area contributed by atoms with Gasteiger partial charge in [-0.3, -0.25) is 19.4 Å². The van der Waals surface area contributed by atoms with Crippen LogP contribution in [0.1, 0.15) is 52.6 Å². The summed E-state index contributed by atoms with van der Waals surface area (Å²) in [5, 5.41) is 15.2. The molecule has 2 aromatic rings. The molecule has 210 valence electrons. The summed E-state index contributed by atoms with van der Waals surface area (Å²) in [4.78, 5) is 44.1. The number of hydrogen-bond donors (Lipinski definition) is 2. The van der Waals surface area contributed by atoms with Crippen LogP contribution in [0.3, 0.4) is 0 Å². The van der Waals surface area contributed by atoms with E-state index < -0.39 is 53.3 Å². The SMILES string of the molecule is CC(C)[C@@H]1C[C@@H](C(=O)NC(C#N)c2cncc3cc(F)ccc23)N(C(=O)[C@@H](NC(=O)C(F)(F)F)C(C)(C)C)C1. The Labute approximate surface area is 223 Å². The quantitative estimate of drug-likeness (QED) is 0.529. The smallest absolute Gasteiger partial charge is 0.336 e. The lowest BCUT2D eigenvalue weighted by molar-refractivity contribution is -0.176. The highest BCUT2D eigenvalue weighted by Gasteiger charge is 2.48. The number of halogens is 4. The first-order valence-electron chi connectivity index (χ1n) is 12.5. The monoisotopic (exact) mass is 549 g/mol. The minimum atomic E-state index is -5.19. The highest BCUT2D eigenvalue weighted by molar-refractivity contribution is 5.94. The van der Waals surface area contributed by atoms with Gasteiger partial charge in [-0.2, -0.15) is 18.4 Å². The molecule has 2 N–H and O–H groups in total. The maximum absolute atomic E-state index is 13.7. The van der Waals surface area contributed by atoms with Crippen LogP contribution >= 0.6 is 0 Å². The van der Waals surface area contributed by atoms with E-state index in [4.69, 9.17) is 0 Å². The summed E-state index contributed by atoms with van der Waals surface area (Å²) in [5.41, 5.74) is -0.779. The Hall–Kier alpha value is -3.75. The molecule has 0 bridgehead atoms. The van der Waals surface area contributed by atoms with Crippen molar-refractivity contribution in [3.8, 4) is 6.07 Å². The molecule has 1 saturated heterocycles. The Bertz CT molecular complexity index is 1300. The number of alkyl halides is 3. The summed E-state index contributed by atoms with van der Waals surface area (Å²) >= 11 is 0. The van der Waals surface area contributed by atoms with E-state index in [1.54, 1.807) is 5.32 Å². The third-order valence-corrected chi connectivity index (χ3v) is 6.99.